The van der Waals surface area contributed by atoms with Crippen molar-refractivity contribution in [1.29, 1.82) is 0 Å². The zero-order chi connectivity index (χ0) is 19.9. The van der Waals surface area contributed by atoms with Gasteiger partial charge in [0.15, 0.2) is 5.11 Å². The number of halogens is 4. The van der Waals surface area contributed by atoms with E-state index in [2.05, 4.69) is 10.6 Å². The van der Waals surface area contributed by atoms with Gasteiger partial charge < -0.3 is 15.4 Å². The van der Waals surface area contributed by atoms with E-state index in [9.17, 15) is 18.0 Å². The lowest BCUT2D eigenvalue weighted by Crippen LogP contribution is -2.34. The summed E-state index contributed by atoms with van der Waals surface area (Å²) < 4.78 is 43.5. The zero-order valence-electron chi connectivity index (χ0n) is 14.0. The molecule has 0 atom stereocenters. The van der Waals surface area contributed by atoms with Gasteiger partial charge in [-0.1, -0.05) is 17.7 Å². The number of ether oxygens (including phenoxy) is 1. The fourth-order valence-electron chi connectivity index (χ4n) is 2.08. The van der Waals surface area contributed by atoms with Gasteiger partial charge in [-0.05, 0) is 61.1 Å². The van der Waals surface area contributed by atoms with Crippen LogP contribution in [0.25, 0.3) is 0 Å². The van der Waals surface area contributed by atoms with Crippen LogP contribution in [0.2, 0.25) is 5.02 Å². The quantitative estimate of drug-likeness (QED) is 0.512. The first kappa shape index (κ1) is 21.0. The third-order valence-corrected chi connectivity index (χ3v) is 3.79. The molecule has 0 saturated heterocycles. The largest absolute Gasteiger partial charge is 0.494 e. The number of benzene rings is 2. The molecule has 0 aromatic heterocycles. The molecule has 0 aliphatic carbocycles. The van der Waals surface area contributed by atoms with Crippen LogP contribution in [0.4, 0.5) is 18.9 Å². The number of carbonyl (C=O) groups excluding carboxylic acids is 1. The molecule has 0 spiro atoms. The fourth-order valence-corrected chi connectivity index (χ4v) is 2.44. The van der Waals surface area contributed by atoms with Crippen LogP contribution < -0.4 is 15.4 Å². The van der Waals surface area contributed by atoms with Crippen molar-refractivity contribution in [3.05, 3.63) is 59.1 Å². The molecule has 0 saturated carbocycles. The van der Waals surface area contributed by atoms with Crippen LogP contribution in [-0.2, 0) is 11.0 Å². The summed E-state index contributed by atoms with van der Waals surface area (Å²) in [5, 5.41) is 5.51. The second kappa shape index (κ2) is 9.57. The molecule has 2 rings (SSSR count). The smallest absolute Gasteiger partial charge is 0.416 e. The van der Waals surface area contributed by atoms with E-state index >= 15 is 0 Å². The second-order valence-electron chi connectivity index (χ2n) is 5.49. The van der Waals surface area contributed by atoms with Crippen molar-refractivity contribution in [3.63, 3.8) is 0 Å². The number of anilines is 1. The molecule has 2 aromatic carbocycles. The van der Waals surface area contributed by atoms with E-state index in [0.717, 1.165) is 12.1 Å². The highest BCUT2D eigenvalue weighted by molar-refractivity contribution is 7.80. The highest BCUT2D eigenvalue weighted by Gasteiger charge is 2.30. The Kier molecular flexibility index (Phi) is 7.44. The van der Waals surface area contributed by atoms with E-state index in [1.54, 1.807) is 24.3 Å². The van der Waals surface area contributed by atoms with E-state index in [4.69, 9.17) is 28.6 Å². The maximum atomic E-state index is 12.7. The minimum Gasteiger partial charge on any atom is -0.494 e. The highest BCUT2D eigenvalue weighted by Crippen LogP contribution is 2.30. The maximum absolute atomic E-state index is 12.7. The molecule has 0 bridgehead atoms. The topological polar surface area (TPSA) is 50.4 Å². The van der Waals surface area contributed by atoms with Crippen LogP contribution in [0.5, 0.6) is 5.75 Å². The molecule has 2 aromatic rings. The average molecular weight is 417 g/mol. The van der Waals surface area contributed by atoms with Crippen molar-refractivity contribution in [3.8, 4) is 5.75 Å². The van der Waals surface area contributed by atoms with Crippen LogP contribution in [0.1, 0.15) is 18.4 Å². The first-order valence-electron chi connectivity index (χ1n) is 7.90. The van der Waals surface area contributed by atoms with E-state index in [-0.39, 0.29) is 23.1 Å². The van der Waals surface area contributed by atoms with Crippen molar-refractivity contribution >= 4 is 40.5 Å². The van der Waals surface area contributed by atoms with Gasteiger partial charge in [-0.2, -0.15) is 13.2 Å². The first-order chi connectivity index (χ1) is 12.7. The Hall–Kier alpha value is -2.32. The predicted octanol–water partition coefficient (Wildman–Crippen LogP) is 5.03. The third-order valence-electron chi connectivity index (χ3n) is 3.33. The Balaban J connectivity index is 1.72. The van der Waals surface area contributed by atoms with Crippen molar-refractivity contribution in [2.24, 2.45) is 0 Å². The van der Waals surface area contributed by atoms with Crippen molar-refractivity contribution in [2.75, 3.05) is 11.9 Å². The molecule has 0 heterocycles. The molecule has 4 nitrogen and oxygen atoms in total. The molecule has 1 amide bonds. The Labute approximate surface area is 164 Å². The number of thiocarbonyl (C=S) groups is 1. The zero-order valence-corrected chi connectivity index (χ0v) is 15.5. The molecular weight excluding hydrogens is 401 g/mol. The fraction of sp³-hybridized carbons (Fsp3) is 0.222. The van der Waals surface area contributed by atoms with Gasteiger partial charge in [0.05, 0.1) is 12.2 Å². The average Bonchev–Trinajstić information content (AvgIpc) is 2.59. The summed E-state index contributed by atoms with van der Waals surface area (Å²) in [7, 11) is 0. The molecule has 0 unspecified atom stereocenters. The van der Waals surface area contributed by atoms with Crippen molar-refractivity contribution in [1.82, 2.24) is 5.32 Å². The molecule has 0 radical (unpaired) electrons. The van der Waals surface area contributed by atoms with Gasteiger partial charge in [0, 0.05) is 17.1 Å². The number of hydrogen-bond donors (Lipinski definition) is 2. The summed E-state index contributed by atoms with van der Waals surface area (Å²) in [6.45, 7) is 0.322. The van der Waals surface area contributed by atoms with E-state index in [1.165, 1.54) is 12.1 Å². The molecule has 144 valence electrons. The Morgan fingerprint density at radius 3 is 2.52 bits per heavy atom. The highest BCUT2D eigenvalue weighted by atomic mass is 35.5. The van der Waals surface area contributed by atoms with Crippen molar-refractivity contribution < 1.29 is 22.7 Å². The lowest BCUT2D eigenvalue weighted by Gasteiger charge is -2.12. The third kappa shape index (κ3) is 7.44. The normalized spacial score (nSPS) is 11.0. The minimum absolute atomic E-state index is 0.0713. The molecule has 0 aliphatic rings. The summed E-state index contributed by atoms with van der Waals surface area (Å²) in [5.41, 5.74) is -0.665. The number of carbonyl (C=O) groups is 1. The summed E-state index contributed by atoms with van der Waals surface area (Å²) in [5.74, 6) is 0.278. The van der Waals surface area contributed by atoms with Gasteiger partial charge in [0.2, 0.25) is 5.91 Å². The maximum Gasteiger partial charge on any atom is 0.416 e. The van der Waals surface area contributed by atoms with Crippen LogP contribution in [-0.4, -0.2) is 17.6 Å². The van der Waals surface area contributed by atoms with Crippen LogP contribution >= 0.6 is 23.8 Å². The predicted molar refractivity (Wildman–Crippen MR) is 102 cm³/mol. The standard InChI is InChI=1S/C18H16ClF3N2O2S/c19-13-6-8-15(9-7-13)26-10-2-5-16(25)24-17(27)23-14-4-1-3-12(11-14)18(20,21)22/h1,3-4,6-9,11H,2,5,10H2,(H2,23,24,25,27). The molecule has 9 heteroatoms. The van der Waals surface area contributed by atoms with E-state index in [0.29, 0.717) is 23.8 Å². The minimum atomic E-state index is -4.45. The summed E-state index contributed by atoms with van der Waals surface area (Å²) in [6.07, 6.45) is -3.86. The van der Waals surface area contributed by atoms with Gasteiger partial charge in [-0.3, -0.25) is 4.79 Å². The van der Waals surface area contributed by atoms with Gasteiger partial charge >= 0.3 is 6.18 Å². The molecule has 0 fully saturated rings. The summed E-state index contributed by atoms with van der Waals surface area (Å²) in [6, 6.07) is 11.4. The van der Waals surface area contributed by atoms with E-state index < -0.39 is 11.7 Å². The number of amides is 1. The Bertz CT molecular complexity index is 798. The van der Waals surface area contributed by atoms with E-state index in [1.807, 2.05) is 0 Å². The van der Waals surface area contributed by atoms with Crippen LogP contribution in [0.3, 0.4) is 0 Å². The molecular formula is C18H16ClF3N2O2S. The summed E-state index contributed by atoms with van der Waals surface area (Å²) in [4.78, 5) is 11.8. The van der Waals surface area contributed by atoms with Crippen LogP contribution in [0.15, 0.2) is 48.5 Å². The Morgan fingerprint density at radius 1 is 1.15 bits per heavy atom. The number of hydrogen-bond acceptors (Lipinski definition) is 3. The monoisotopic (exact) mass is 416 g/mol. The molecule has 27 heavy (non-hydrogen) atoms. The SMILES string of the molecule is O=C(CCCOc1ccc(Cl)cc1)NC(=S)Nc1cccc(C(F)(F)F)c1. The van der Waals surface area contributed by atoms with Gasteiger partial charge in [-0.15, -0.1) is 0 Å². The lowest BCUT2D eigenvalue weighted by molar-refractivity contribution is -0.137. The number of alkyl halides is 3. The van der Waals surface area contributed by atoms with Crippen molar-refractivity contribution in [2.45, 2.75) is 19.0 Å². The lowest BCUT2D eigenvalue weighted by atomic mass is 10.2. The molecule has 2 N–H and O–H groups in total. The molecule has 0 aliphatic heterocycles. The van der Waals surface area contributed by atoms with Gasteiger partial charge in [0.1, 0.15) is 5.75 Å². The Morgan fingerprint density at radius 2 is 1.85 bits per heavy atom. The summed E-state index contributed by atoms with van der Waals surface area (Å²) >= 11 is 10.7. The van der Waals surface area contributed by atoms with Gasteiger partial charge in [0.25, 0.3) is 0 Å². The number of rotatable bonds is 6. The number of nitrogens with one attached hydrogen (secondary N) is 2. The first-order valence-corrected chi connectivity index (χ1v) is 8.69. The van der Waals surface area contributed by atoms with Crippen LogP contribution in [0, 0.1) is 0 Å². The second-order valence-corrected chi connectivity index (χ2v) is 6.33. The van der Waals surface area contributed by atoms with Gasteiger partial charge in [-0.25, -0.2) is 0 Å².